The molecule has 5 heteroatoms. The van der Waals surface area contributed by atoms with Crippen LogP contribution < -0.4 is 5.43 Å². The van der Waals surface area contributed by atoms with E-state index in [0.29, 0.717) is 17.3 Å². The molecule has 1 aromatic carbocycles. The summed E-state index contributed by atoms with van der Waals surface area (Å²) in [5, 5.41) is 8.35. The molecule has 4 rings (SSSR count). The Morgan fingerprint density at radius 2 is 2.04 bits per heavy atom. The van der Waals surface area contributed by atoms with Crippen LogP contribution in [0.5, 0.6) is 0 Å². The molecule has 2 aliphatic rings. The van der Waals surface area contributed by atoms with Gasteiger partial charge in [0.15, 0.2) is 0 Å². The van der Waals surface area contributed by atoms with Crippen molar-refractivity contribution in [2.75, 3.05) is 5.43 Å². The summed E-state index contributed by atoms with van der Waals surface area (Å²) in [5.74, 6) is 2.12. The summed E-state index contributed by atoms with van der Waals surface area (Å²) in [5.41, 5.74) is 7.01. The van der Waals surface area contributed by atoms with E-state index in [9.17, 15) is 0 Å². The molecule has 126 valence electrons. The van der Waals surface area contributed by atoms with E-state index in [2.05, 4.69) is 36.6 Å². The van der Waals surface area contributed by atoms with E-state index in [1.807, 2.05) is 24.3 Å². The van der Waals surface area contributed by atoms with Crippen LogP contribution in [-0.4, -0.2) is 10.7 Å². The van der Waals surface area contributed by atoms with Gasteiger partial charge in [0.05, 0.1) is 5.69 Å². The van der Waals surface area contributed by atoms with Gasteiger partial charge in [-0.1, -0.05) is 44.5 Å². The number of nitrogens with zero attached hydrogens (tertiary/aromatic N) is 2. The van der Waals surface area contributed by atoms with Crippen LogP contribution in [0.3, 0.4) is 0 Å². The van der Waals surface area contributed by atoms with Gasteiger partial charge in [0.2, 0.25) is 5.13 Å². The first-order valence-electron chi connectivity index (χ1n) is 8.49. The molecular formula is C19H22ClN3S. The molecular weight excluding hydrogens is 338 g/mol. The van der Waals surface area contributed by atoms with Gasteiger partial charge in [-0.2, -0.15) is 5.10 Å². The van der Waals surface area contributed by atoms with Crippen molar-refractivity contribution >= 4 is 33.8 Å². The normalized spacial score (nSPS) is 29.3. The summed E-state index contributed by atoms with van der Waals surface area (Å²) in [7, 11) is 0. The van der Waals surface area contributed by atoms with Crippen LogP contribution in [0.15, 0.2) is 34.7 Å². The maximum atomic E-state index is 5.94. The van der Waals surface area contributed by atoms with E-state index in [4.69, 9.17) is 16.7 Å². The number of hydrazone groups is 1. The van der Waals surface area contributed by atoms with Crippen molar-refractivity contribution in [2.24, 2.45) is 28.3 Å². The second-order valence-corrected chi connectivity index (χ2v) is 8.91. The number of thiazole rings is 1. The standard InChI is InChI=1S/C19H22ClN3S/c1-11-15-8-13(19(11,2)3)9-16(15)22-23-18-21-17(10-24-18)12-4-6-14(20)7-5-12/h4-7,10-11,13,15H,8-9H2,1-3H3,(H,21,23). The average molecular weight is 360 g/mol. The lowest BCUT2D eigenvalue weighted by atomic mass is 9.69. The Hall–Kier alpha value is -1.39. The van der Waals surface area contributed by atoms with E-state index < -0.39 is 0 Å². The van der Waals surface area contributed by atoms with Crippen LogP contribution in [0.1, 0.15) is 33.6 Å². The Bertz CT molecular complexity index is 774. The fourth-order valence-corrected chi connectivity index (χ4v) is 4.99. The van der Waals surface area contributed by atoms with E-state index in [0.717, 1.165) is 33.8 Å². The summed E-state index contributed by atoms with van der Waals surface area (Å²) >= 11 is 7.53. The van der Waals surface area contributed by atoms with E-state index in [1.54, 1.807) is 11.3 Å². The van der Waals surface area contributed by atoms with Gasteiger partial charge in [-0.05, 0) is 42.2 Å². The molecule has 0 aliphatic heterocycles. The minimum absolute atomic E-state index is 0.451. The largest absolute Gasteiger partial charge is 0.253 e. The lowest BCUT2D eigenvalue weighted by Crippen LogP contribution is -2.33. The highest BCUT2D eigenvalue weighted by Crippen LogP contribution is 2.57. The number of anilines is 1. The van der Waals surface area contributed by atoms with Crippen LogP contribution in [0.4, 0.5) is 5.13 Å². The molecule has 0 saturated heterocycles. The van der Waals surface area contributed by atoms with Crippen molar-refractivity contribution in [1.82, 2.24) is 4.98 Å². The van der Waals surface area contributed by atoms with Crippen LogP contribution in [-0.2, 0) is 0 Å². The molecule has 24 heavy (non-hydrogen) atoms. The molecule has 2 aliphatic carbocycles. The summed E-state index contributed by atoms with van der Waals surface area (Å²) in [4.78, 5) is 4.64. The Balaban J connectivity index is 1.47. The average Bonchev–Trinajstić information content (AvgIpc) is 3.23. The third kappa shape index (κ3) is 2.66. The molecule has 3 atom stereocenters. The highest BCUT2D eigenvalue weighted by atomic mass is 35.5. The number of benzene rings is 1. The van der Waals surface area contributed by atoms with Crippen LogP contribution in [0.2, 0.25) is 5.02 Å². The fraction of sp³-hybridized carbons (Fsp3) is 0.474. The van der Waals surface area contributed by atoms with Crippen molar-refractivity contribution < 1.29 is 0 Å². The fourth-order valence-electron chi connectivity index (χ4n) is 4.21. The SMILES string of the molecule is CC1C2CC(CC2=NNc2nc(-c3ccc(Cl)cc3)cs2)C1(C)C. The minimum Gasteiger partial charge on any atom is -0.253 e. The lowest BCUT2D eigenvalue weighted by Gasteiger charge is -2.36. The molecule has 2 saturated carbocycles. The molecule has 1 N–H and O–H groups in total. The summed E-state index contributed by atoms with van der Waals surface area (Å²) < 4.78 is 0. The maximum Gasteiger partial charge on any atom is 0.203 e. The van der Waals surface area contributed by atoms with Gasteiger partial charge < -0.3 is 0 Å². The van der Waals surface area contributed by atoms with Crippen LogP contribution in [0, 0.1) is 23.2 Å². The molecule has 1 heterocycles. The van der Waals surface area contributed by atoms with Gasteiger partial charge in [-0.3, -0.25) is 5.43 Å². The summed E-state index contributed by atoms with van der Waals surface area (Å²) in [6.45, 7) is 7.19. The van der Waals surface area contributed by atoms with Gasteiger partial charge >= 0.3 is 0 Å². The maximum absolute atomic E-state index is 5.94. The van der Waals surface area contributed by atoms with Gasteiger partial charge in [-0.25, -0.2) is 4.98 Å². The molecule has 1 aromatic heterocycles. The first-order chi connectivity index (χ1) is 11.4. The number of halogens is 1. The Labute approximate surface area is 152 Å². The summed E-state index contributed by atoms with van der Waals surface area (Å²) in [6.07, 6.45) is 2.42. The van der Waals surface area contributed by atoms with E-state index in [-0.39, 0.29) is 0 Å². The topological polar surface area (TPSA) is 37.3 Å². The first-order valence-corrected chi connectivity index (χ1v) is 9.75. The zero-order chi connectivity index (χ0) is 16.9. The van der Waals surface area contributed by atoms with Crippen LogP contribution in [0.25, 0.3) is 11.3 Å². The Kier molecular flexibility index (Phi) is 3.92. The second-order valence-electron chi connectivity index (χ2n) is 7.61. The van der Waals surface area contributed by atoms with Crippen molar-refractivity contribution in [2.45, 2.75) is 33.6 Å². The van der Waals surface area contributed by atoms with Gasteiger partial charge in [-0.15, -0.1) is 11.3 Å². The van der Waals surface area contributed by atoms with Crippen molar-refractivity contribution in [1.29, 1.82) is 0 Å². The van der Waals surface area contributed by atoms with Crippen LogP contribution >= 0.6 is 22.9 Å². The Morgan fingerprint density at radius 1 is 1.29 bits per heavy atom. The molecule has 3 nitrogen and oxygen atoms in total. The number of hydrogen-bond acceptors (Lipinski definition) is 4. The second kappa shape index (κ2) is 5.85. The molecule has 2 aromatic rings. The first kappa shape index (κ1) is 16.1. The van der Waals surface area contributed by atoms with Gasteiger partial charge in [0, 0.05) is 27.6 Å². The molecule has 3 unspecified atom stereocenters. The zero-order valence-corrected chi connectivity index (χ0v) is 15.8. The zero-order valence-electron chi connectivity index (χ0n) is 14.2. The van der Waals surface area contributed by atoms with Gasteiger partial charge in [0.1, 0.15) is 0 Å². The van der Waals surface area contributed by atoms with Crippen molar-refractivity contribution in [3.8, 4) is 11.3 Å². The lowest BCUT2D eigenvalue weighted by molar-refractivity contribution is 0.182. The highest BCUT2D eigenvalue weighted by molar-refractivity contribution is 7.14. The Morgan fingerprint density at radius 3 is 2.71 bits per heavy atom. The molecule has 2 fully saturated rings. The van der Waals surface area contributed by atoms with Crippen molar-refractivity contribution in [3.63, 3.8) is 0 Å². The molecule has 0 radical (unpaired) electrons. The molecule has 0 amide bonds. The highest BCUT2D eigenvalue weighted by Gasteiger charge is 2.53. The monoisotopic (exact) mass is 359 g/mol. The van der Waals surface area contributed by atoms with Gasteiger partial charge in [0.25, 0.3) is 0 Å². The molecule has 0 spiro atoms. The number of aromatic nitrogens is 1. The third-order valence-electron chi connectivity index (χ3n) is 6.19. The molecule has 2 bridgehead atoms. The smallest absolute Gasteiger partial charge is 0.203 e. The quantitative estimate of drug-likeness (QED) is 0.689. The summed E-state index contributed by atoms with van der Waals surface area (Å²) in [6, 6.07) is 7.77. The predicted octanol–water partition coefficient (Wildman–Crippen LogP) is 5.93. The van der Waals surface area contributed by atoms with E-state index in [1.165, 1.54) is 12.1 Å². The predicted molar refractivity (Wildman–Crippen MR) is 103 cm³/mol. The minimum atomic E-state index is 0.451. The number of nitrogens with one attached hydrogen (secondary N) is 1. The van der Waals surface area contributed by atoms with Crippen molar-refractivity contribution in [3.05, 3.63) is 34.7 Å². The number of fused-ring (bicyclic) bond motifs is 2. The number of rotatable bonds is 3. The number of hydrogen-bond donors (Lipinski definition) is 1. The van der Waals surface area contributed by atoms with E-state index >= 15 is 0 Å². The third-order valence-corrected chi connectivity index (χ3v) is 7.19.